The Hall–Kier alpha value is -2.46. The zero-order chi connectivity index (χ0) is 15.0. The maximum Gasteiger partial charge on any atom is 0.269 e. The van der Waals surface area contributed by atoms with Gasteiger partial charge < -0.3 is 9.64 Å². The predicted octanol–water partition coefficient (Wildman–Crippen LogP) is 1.60. The number of carbonyl (C=O) groups is 1. The van der Waals surface area contributed by atoms with Crippen LogP contribution in [0.25, 0.3) is 0 Å². The van der Waals surface area contributed by atoms with Crippen LogP contribution in [0.5, 0.6) is 0 Å². The Balaban J connectivity index is 2.82. The van der Waals surface area contributed by atoms with Crippen LogP contribution in [0, 0.1) is 21.4 Å². The number of nitro groups is 1. The number of nitriles is 1. The zero-order valence-corrected chi connectivity index (χ0v) is 11.1. The summed E-state index contributed by atoms with van der Waals surface area (Å²) in [5, 5.41) is 19.2. The summed E-state index contributed by atoms with van der Waals surface area (Å²) in [6.45, 7) is 1.04. The van der Waals surface area contributed by atoms with Crippen molar-refractivity contribution in [2.24, 2.45) is 0 Å². The van der Waals surface area contributed by atoms with E-state index in [0.29, 0.717) is 25.3 Å². The van der Waals surface area contributed by atoms with Crippen molar-refractivity contribution in [2.45, 2.75) is 6.42 Å². The first-order valence-electron chi connectivity index (χ1n) is 5.99. The third-order valence-corrected chi connectivity index (χ3v) is 2.67. The fraction of sp³-hybridized carbons (Fsp3) is 0.385. The maximum absolute atomic E-state index is 12.2. The van der Waals surface area contributed by atoms with Gasteiger partial charge in [-0.1, -0.05) is 0 Å². The van der Waals surface area contributed by atoms with E-state index in [1.165, 1.54) is 36.3 Å². The highest BCUT2D eigenvalue weighted by Crippen LogP contribution is 2.13. The van der Waals surface area contributed by atoms with Gasteiger partial charge in [-0.3, -0.25) is 14.9 Å². The number of amides is 1. The monoisotopic (exact) mass is 277 g/mol. The van der Waals surface area contributed by atoms with Crippen LogP contribution < -0.4 is 0 Å². The Morgan fingerprint density at radius 2 is 2.05 bits per heavy atom. The van der Waals surface area contributed by atoms with Crippen LogP contribution >= 0.6 is 0 Å². The Morgan fingerprint density at radius 3 is 2.55 bits per heavy atom. The summed E-state index contributed by atoms with van der Waals surface area (Å²) in [7, 11) is 1.53. The molecule has 0 aliphatic rings. The molecule has 106 valence electrons. The van der Waals surface area contributed by atoms with Gasteiger partial charge in [-0.25, -0.2) is 0 Å². The Labute approximate surface area is 116 Å². The number of benzene rings is 1. The van der Waals surface area contributed by atoms with Crippen LogP contribution in [0.3, 0.4) is 0 Å². The van der Waals surface area contributed by atoms with E-state index in [0.717, 1.165) is 0 Å². The Bertz CT molecular complexity index is 507. The predicted molar refractivity (Wildman–Crippen MR) is 71.1 cm³/mol. The molecule has 1 aromatic rings. The van der Waals surface area contributed by atoms with Crippen molar-refractivity contribution in [2.75, 3.05) is 26.8 Å². The fourth-order valence-electron chi connectivity index (χ4n) is 1.61. The van der Waals surface area contributed by atoms with Gasteiger partial charge in [0.2, 0.25) is 0 Å². The Morgan fingerprint density at radius 1 is 1.40 bits per heavy atom. The van der Waals surface area contributed by atoms with Crippen LogP contribution in [-0.4, -0.2) is 42.5 Å². The van der Waals surface area contributed by atoms with Gasteiger partial charge >= 0.3 is 0 Å². The van der Waals surface area contributed by atoms with Gasteiger partial charge in [0, 0.05) is 37.9 Å². The van der Waals surface area contributed by atoms with Crippen molar-refractivity contribution in [1.29, 1.82) is 5.26 Å². The lowest BCUT2D eigenvalue weighted by Gasteiger charge is -2.21. The molecule has 0 aromatic heterocycles. The summed E-state index contributed by atoms with van der Waals surface area (Å²) in [5.41, 5.74) is 0.284. The van der Waals surface area contributed by atoms with Gasteiger partial charge in [0.1, 0.15) is 0 Å². The van der Waals surface area contributed by atoms with E-state index in [2.05, 4.69) is 0 Å². The number of non-ortho nitro benzene ring substituents is 1. The first-order chi connectivity index (χ1) is 9.60. The van der Waals surface area contributed by atoms with E-state index in [1.54, 1.807) is 0 Å². The van der Waals surface area contributed by atoms with Gasteiger partial charge in [0.25, 0.3) is 11.6 Å². The number of methoxy groups -OCH3 is 1. The lowest BCUT2D eigenvalue weighted by atomic mass is 10.1. The molecular formula is C13H15N3O4. The third kappa shape index (κ3) is 4.33. The van der Waals surface area contributed by atoms with Crippen LogP contribution in [0.15, 0.2) is 24.3 Å². The van der Waals surface area contributed by atoms with E-state index in [4.69, 9.17) is 10.00 Å². The third-order valence-electron chi connectivity index (χ3n) is 2.67. The maximum atomic E-state index is 12.2. The number of rotatable bonds is 7. The number of hydrogen-bond donors (Lipinski definition) is 0. The quantitative estimate of drug-likeness (QED) is 0.557. The summed E-state index contributed by atoms with van der Waals surface area (Å²) in [6, 6.07) is 7.37. The summed E-state index contributed by atoms with van der Waals surface area (Å²) in [4.78, 5) is 23.8. The fourth-order valence-corrected chi connectivity index (χ4v) is 1.61. The molecule has 0 aliphatic heterocycles. The standard InChI is InChI=1S/C13H15N3O4/c1-20-10-9-15(8-2-7-14)13(17)11-3-5-12(6-4-11)16(18)19/h3-6H,2,8-10H2,1H3. The number of carbonyl (C=O) groups excluding carboxylic acids is 1. The van der Waals surface area contributed by atoms with Gasteiger partial charge in [0.15, 0.2) is 0 Å². The van der Waals surface area contributed by atoms with Crippen LogP contribution in [0.1, 0.15) is 16.8 Å². The number of nitro benzene ring substituents is 1. The highest BCUT2D eigenvalue weighted by Gasteiger charge is 2.16. The molecule has 0 spiro atoms. The molecule has 0 atom stereocenters. The smallest absolute Gasteiger partial charge is 0.269 e. The molecule has 0 unspecified atom stereocenters. The van der Waals surface area contributed by atoms with E-state index >= 15 is 0 Å². The van der Waals surface area contributed by atoms with Crippen molar-refractivity contribution in [3.63, 3.8) is 0 Å². The van der Waals surface area contributed by atoms with E-state index < -0.39 is 4.92 Å². The minimum absolute atomic E-state index is 0.0676. The molecule has 7 heteroatoms. The lowest BCUT2D eigenvalue weighted by molar-refractivity contribution is -0.384. The lowest BCUT2D eigenvalue weighted by Crippen LogP contribution is -2.34. The van der Waals surface area contributed by atoms with Gasteiger partial charge in [-0.05, 0) is 12.1 Å². The number of ether oxygens (including phenoxy) is 1. The second-order valence-corrected chi connectivity index (χ2v) is 4.00. The minimum Gasteiger partial charge on any atom is -0.383 e. The zero-order valence-electron chi connectivity index (χ0n) is 11.1. The molecule has 0 saturated carbocycles. The largest absolute Gasteiger partial charge is 0.383 e. The molecule has 0 heterocycles. The SMILES string of the molecule is COCCN(CCC#N)C(=O)c1ccc([N+](=O)[O-])cc1. The molecule has 0 aliphatic carbocycles. The average Bonchev–Trinajstić information content (AvgIpc) is 2.47. The number of hydrogen-bond acceptors (Lipinski definition) is 5. The molecule has 1 aromatic carbocycles. The molecule has 0 saturated heterocycles. The second-order valence-electron chi connectivity index (χ2n) is 4.00. The summed E-state index contributed by atoms with van der Waals surface area (Å²) in [5.74, 6) is -0.271. The van der Waals surface area contributed by atoms with Crippen molar-refractivity contribution in [3.8, 4) is 6.07 Å². The molecule has 7 nitrogen and oxygen atoms in total. The molecule has 1 rings (SSSR count). The minimum atomic E-state index is -0.521. The molecule has 0 radical (unpaired) electrons. The molecule has 1 amide bonds. The second kappa shape index (κ2) is 7.86. The molecule has 0 bridgehead atoms. The van der Waals surface area contributed by atoms with Crippen molar-refractivity contribution >= 4 is 11.6 Å². The Kier molecular flexibility index (Phi) is 6.13. The van der Waals surface area contributed by atoms with Gasteiger partial charge in [0.05, 0.1) is 24.0 Å². The average molecular weight is 277 g/mol. The first kappa shape index (κ1) is 15.6. The highest BCUT2D eigenvalue weighted by molar-refractivity contribution is 5.94. The number of nitrogens with zero attached hydrogens (tertiary/aromatic N) is 3. The molecule has 0 fully saturated rings. The topological polar surface area (TPSA) is 96.5 Å². The summed E-state index contributed by atoms with van der Waals surface area (Å²) >= 11 is 0. The normalized spacial score (nSPS) is 9.80. The van der Waals surface area contributed by atoms with Crippen LogP contribution in [-0.2, 0) is 4.74 Å². The molecule has 20 heavy (non-hydrogen) atoms. The van der Waals surface area contributed by atoms with Gasteiger partial charge in [-0.15, -0.1) is 0 Å². The van der Waals surface area contributed by atoms with Crippen molar-refractivity contribution < 1.29 is 14.5 Å². The first-order valence-corrected chi connectivity index (χ1v) is 5.99. The van der Waals surface area contributed by atoms with Crippen molar-refractivity contribution in [1.82, 2.24) is 4.90 Å². The van der Waals surface area contributed by atoms with E-state index in [1.807, 2.05) is 6.07 Å². The van der Waals surface area contributed by atoms with Crippen LogP contribution in [0.4, 0.5) is 5.69 Å². The van der Waals surface area contributed by atoms with E-state index in [9.17, 15) is 14.9 Å². The molecule has 0 N–H and O–H groups in total. The summed E-state index contributed by atoms with van der Waals surface area (Å²) < 4.78 is 4.92. The van der Waals surface area contributed by atoms with E-state index in [-0.39, 0.29) is 18.0 Å². The summed E-state index contributed by atoms with van der Waals surface area (Å²) in [6.07, 6.45) is 0.225. The van der Waals surface area contributed by atoms with Gasteiger partial charge in [-0.2, -0.15) is 5.26 Å². The highest BCUT2D eigenvalue weighted by atomic mass is 16.6. The van der Waals surface area contributed by atoms with Crippen molar-refractivity contribution in [3.05, 3.63) is 39.9 Å². The molecular weight excluding hydrogens is 262 g/mol. The van der Waals surface area contributed by atoms with Crippen LogP contribution in [0.2, 0.25) is 0 Å².